The van der Waals surface area contributed by atoms with E-state index in [0.717, 1.165) is 31.4 Å². The van der Waals surface area contributed by atoms with Gasteiger partial charge in [0.05, 0.1) is 0 Å². The van der Waals surface area contributed by atoms with Crippen molar-refractivity contribution in [2.45, 2.75) is 38.6 Å². The van der Waals surface area contributed by atoms with Gasteiger partial charge < -0.3 is 4.90 Å². The smallest absolute Gasteiger partial charge is 0.254 e. The minimum absolute atomic E-state index is 0.128. The molecule has 0 radical (unpaired) electrons. The van der Waals surface area contributed by atoms with Gasteiger partial charge in [0.25, 0.3) is 5.91 Å². The van der Waals surface area contributed by atoms with Crippen LogP contribution in [0.15, 0.2) is 24.3 Å². The lowest BCUT2D eigenvalue weighted by Gasteiger charge is -2.34. The quantitative estimate of drug-likeness (QED) is 0.767. The Morgan fingerprint density at radius 3 is 2.67 bits per heavy atom. The number of carbonyl (C=O) groups is 1. The van der Waals surface area contributed by atoms with Crippen molar-refractivity contribution in [3.05, 3.63) is 35.4 Å². The molecule has 0 bridgehead atoms. The van der Waals surface area contributed by atoms with Gasteiger partial charge >= 0.3 is 0 Å². The highest BCUT2D eigenvalue weighted by atomic mass is 35.5. The minimum Gasteiger partial charge on any atom is -0.334 e. The molecule has 18 heavy (non-hydrogen) atoms. The first-order valence-electron chi connectivity index (χ1n) is 6.72. The summed E-state index contributed by atoms with van der Waals surface area (Å²) < 4.78 is 0. The normalized spacial score (nSPS) is 19.9. The molecule has 1 amide bonds. The van der Waals surface area contributed by atoms with Crippen LogP contribution in [0, 0.1) is 0 Å². The minimum atomic E-state index is 0.128. The Hall–Kier alpha value is -1.02. The zero-order chi connectivity index (χ0) is 13.0. The van der Waals surface area contributed by atoms with E-state index in [9.17, 15) is 4.79 Å². The van der Waals surface area contributed by atoms with Crippen molar-refractivity contribution in [2.75, 3.05) is 12.4 Å². The Bertz CT molecular complexity index is 401. The molecule has 1 aliphatic rings. The van der Waals surface area contributed by atoms with E-state index in [1.807, 2.05) is 29.2 Å². The molecule has 1 saturated heterocycles. The molecule has 1 unspecified atom stereocenters. The molecule has 3 heteroatoms. The van der Waals surface area contributed by atoms with Gasteiger partial charge in [-0.15, -0.1) is 11.6 Å². The van der Waals surface area contributed by atoms with Gasteiger partial charge in [-0.1, -0.05) is 19.1 Å². The number of amides is 1. The standard InChI is InChI=1S/C15H20ClNO/c1-2-12-6-8-13(9-7-12)15(18)17-10-4-3-5-14(17)11-16/h6-9,14H,2-5,10-11H2,1H3. The molecule has 2 rings (SSSR count). The van der Waals surface area contributed by atoms with Crippen molar-refractivity contribution in [1.82, 2.24) is 4.90 Å². The first-order valence-corrected chi connectivity index (χ1v) is 7.25. The fourth-order valence-electron chi connectivity index (χ4n) is 2.48. The predicted octanol–water partition coefficient (Wildman–Crippen LogP) is 3.48. The summed E-state index contributed by atoms with van der Waals surface area (Å²) in [6, 6.07) is 8.14. The Morgan fingerprint density at radius 1 is 1.33 bits per heavy atom. The summed E-state index contributed by atoms with van der Waals surface area (Å²) in [4.78, 5) is 14.4. The summed E-state index contributed by atoms with van der Waals surface area (Å²) in [5, 5.41) is 0. The second-order valence-corrected chi connectivity index (χ2v) is 5.16. The molecule has 0 aliphatic carbocycles. The van der Waals surface area contributed by atoms with Crippen LogP contribution in [0.3, 0.4) is 0 Å². The first-order chi connectivity index (χ1) is 8.76. The number of nitrogens with zero attached hydrogens (tertiary/aromatic N) is 1. The molecule has 0 aromatic heterocycles. The van der Waals surface area contributed by atoms with Gasteiger partial charge in [-0.3, -0.25) is 4.79 Å². The average Bonchev–Trinajstić information content (AvgIpc) is 2.46. The number of piperidine rings is 1. The summed E-state index contributed by atoms with van der Waals surface area (Å²) in [5.74, 6) is 0.668. The van der Waals surface area contributed by atoms with Gasteiger partial charge in [0.1, 0.15) is 0 Å². The Labute approximate surface area is 114 Å². The maximum absolute atomic E-state index is 12.4. The molecular formula is C15H20ClNO. The van der Waals surface area contributed by atoms with Crippen molar-refractivity contribution < 1.29 is 4.79 Å². The zero-order valence-electron chi connectivity index (χ0n) is 10.9. The number of hydrogen-bond acceptors (Lipinski definition) is 1. The van der Waals surface area contributed by atoms with Crippen LogP contribution in [0.5, 0.6) is 0 Å². The summed E-state index contributed by atoms with van der Waals surface area (Å²) >= 11 is 5.96. The zero-order valence-corrected chi connectivity index (χ0v) is 11.6. The van der Waals surface area contributed by atoms with E-state index in [1.54, 1.807) is 0 Å². The van der Waals surface area contributed by atoms with E-state index in [-0.39, 0.29) is 11.9 Å². The number of hydrogen-bond donors (Lipinski definition) is 0. The summed E-state index contributed by atoms with van der Waals surface area (Å²) in [6.45, 7) is 2.96. The van der Waals surface area contributed by atoms with Gasteiger partial charge in [-0.25, -0.2) is 0 Å². The van der Waals surface area contributed by atoms with Crippen molar-refractivity contribution >= 4 is 17.5 Å². The van der Waals surface area contributed by atoms with Crippen molar-refractivity contribution in [2.24, 2.45) is 0 Å². The first kappa shape index (κ1) is 13.4. The topological polar surface area (TPSA) is 20.3 Å². The highest BCUT2D eigenvalue weighted by Gasteiger charge is 2.26. The number of halogens is 1. The van der Waals surface area contributed by atoms with E-state index < -0.39 is 0 Å². The van der Waals surface area contributed by atoms with Crippen molar-refractivity contribution in [3.63, 3.8) is 0 Å². The lowest BCUT2D eigenvalue weighted by Crippen LogP contribution is -2.44. The summed E-state index contributed by atoms with van der Waals surface area (Å²) in [6.07, 6.45) is 4.30. The molecule has 0 spiro atoms. The SMILES string of the molecule is CCc1ccc(C(=O)N2CCCCC2CCl)cc1. The van der Waals surface area contributed by atoms with E-state index >= 15 is 0 Å². The van der Waals surface area contributed by atoms with E-state index in [0.29, 0.717) is 5.88 Å². The highest BCUT2D eigenvalue weighted by molar-refractivity contribution is 6.18. The Balaban J connectivity index is 2.13. The second-order valence-electron chi connectivity index (χ2n) is 4.85. The van der Waals surface area contributed by atoms with Crippen LogP contribution < -0.4 is 0 Å². The third-order valence-corrected chi connectivity index (χ3v) is 4.03. The lowest BCUT2D eigenvalue weighted by molar-refractivity contribution is 0.0639. The third-order valence-electron chi connectivity index (χ3n) is 3.68. The van der Waals surface area contributed by atoms with Crippen LogP contribution in [0.25, 0.3) is 0 Å². The van der Waals surface area contributed by atoms with Gasteiger partial charge in [0.2, 0.25) is 0 Å². The van der Waals surface area contributed by atoms with E-state index in [4.69, 9.17) is 11.6 Å². The van der Waals surface area contributed by atoms with Gasteiger partial charge in [0, 0.05) is 24.0 Å². The van der Waals surface area contributed by atoms with Crippen molar-refractivity contribution in [3.8, 4) is 0 Å². The van der Waals surface area contributed by atoms with Crippen LogP contribution in [0.4, 0.5) is 0 Å². The number of carbonyl (C=O) groups excluding carboxylic acids is 1. The summed E-state index contributed by atoms with van der Waals surface area (Å²) in [7, 11) is 0. The van der Waals surface area contributed by atoms with Gasteiger partial charge in [-0.05, 0) is 43.4 Å². The molecular weight excluding hydrogens is 246 g/mol. The van der Waals surface area contributed by atoms with Gasteiger partial charge in [0.15, 0.2) is 0 Å². The molecule has 1 heterocycles. The molecule has 1 atom stereocenters. The highest BCUT2D eigenvalue weighted by Crippen LogP contribution is 2.20. The average molecular weight is 266 g/mol. The number of likely N-dealkylation sites (tertiary alicyclic amines) is 1. The number of benzene rings is 1. The van der Waals surface area contributed by atoms with Crippen molar-refractivity contribution in [1.29, 1.82) is 0 Å². The van der Waals surface area contributed by atoms with Crippen LogP contribution in [0.2, 0.25) is 0 Å². The Morgan fingerprint density at radius 2 is 2.06 bits per heavy atom. The third kappa shape index (κ3) is 2.86. The molecule has 0 saturated carbocycles. The number of alkyl halides is 1. The van der Waals surface area contributed by atoms with Crippen LogP contribution >= 0.6 is 11.6 Å². The van der Waals surface area contributed by atoms with E-state index in [2.05, 4.69) is 6.92 Å². The Kier molecular flexibility index (Phi) is 4.65. The number of rotatable bonds is 3. The molecule has 1 aromatic rings. The number of aryl methyl sites for hydroxylation is 1. The largest absolute Gasteiger partial charge is 0.334 e. The second kappa shape index (κ2) is 6.24. The fourth-order valence-corrected chi connectivity index (χ4v) is 2.80. The molecule has 2 nitrogen and oxygen atoms in total. The molecule has 1 aliphatic heterocycles. The monoisotopic (exact) mass is 265 g/mol. The van der Waals surface area contributed by atoms with Crippen LogP contribution in [-0.2, 0) is 6.42 Å². The lowest BCUT2D eigenvalue weighted by atomic mass is 10.0. The van der Waals surface area contributed by atoms with Gasteiger partial charge in [-0.2, -0.15) is 0 Å². The van der Waals surface area contributed by atoms with Crippen LogP contribution in [-0.4, -0.2) is 29.3 Å². The maximum Gasteiger partial charge on any atom is 0.254 e. The van der Waals surface area contributed by atoms with E-state index in [1.165, 1.54) is 12.0 Å². The molecule has 0 N–H and O–H groups in total. The fraction of sp³-hybridized carbons (Fsp3) is 0.533. The maximum atomic E-state index is 12.4. The van der Waals surface area contributed by atoms with Crippen LogP contribution in [0.1, 0.15) is 42.1 Å². The summed E-state index contributed by atoms with van der Waals surface area (Å²) in [5.41, 5.74) is 2.04. The molecule has 1 aromatic carbocycles. The molecule has 98 valence electrons. The predicted molar refractivity (Wildman–Crippen MR) is 75.2 cm³/mol. The molecule has 1 fully saturated rings.